The third-order valence-corrected chi connectivity index (χ3v) is 3.51. The highest BCUT2D eigenvalue weighted by Gasteiger charge is 2.22. The van der Waals surface area contributed by atoms with Crippen LogP contribution in [0.4, 0.5) is 0 Å². The van der Waals surface area contributed by atoms with Gasteiger partial charge < -0.3 is 10.1 Å². The molecule has 0 saturated heterocycles. The van der Waals surface area contributed by atoms with Gasteiger partial charge in [-0.15, -0.1) is 0 Å². The number of aromatic amines is 1. The summed E-state index contributed by atoms with van der Waals surface area (Å²) in [5.41, 5.74) is 3.74. The summed E-state index contributed by atoms with van der Waals surface area (Å²) in [6.45, 7) is 0.00298. The van der Waals surface area contributed by atoms with E-state index in [-0.39, 0.29) is 6.61 Å². The minimum Gasteiger partial charge on any atom is -0.388 e. The van der Waals surface area contributed by atoms with Crippen LogP contribution in [0.2, 0.25) is 0 Å². The smallest absolute Gasteiger partial charge is 0.132 e. The van der Waals surface area contributed by atoms with Crippen LogP contribution < -0.4 is 0 Å². The molecule has 0 spiro atoms. The normalized spacial score (nSPS) is 19.0. The number of aliphatic hydroxyl groups is 1. The van der Waals surface area contributed by atoms with E-state index in [4.69, 9.17) is 5.11 Å². The number of fused-ring (bicyclic) bond motifs is 1. The van der Waals surface area contributed by atoms with Crippen LogP contribution in [-0.4, -0.2) is 15.1 Å². The molecule has 1 atom stereocenters. The zero-order valence-electron chi connectivity index (χ0n) is 9.69. The van der Waals surface area contributed by atoms with Crippen molar-refractivity contribution in [1.29, 1.82) is 0 Å². The molecule has 1 aliphatic carbocycles. The molecule has 0 aliphatic heterocycles. The van der Waals surface area contributed by atoms with E-state index in [2.05, 4.69) is 40.3 Å². The van der Waals surface area contributed by atoms with Gasteiger partial charge in [0.1, 0.15) is 12.4 Å². The molecule has 1 unspecified atom stereocenters. The fourth-order valence-electron chi connectivity index (χ4n) is 2.62. The van der Waals surface area contributed by atoms with Crippen LogP contribution >= 0.6 is 0 Å². The van der Waals surface area contributed by atoms with Crippen molar-refractivity contribution < 1.29 is 5.11 Å². The second-order valence-electron chi connectivity index (χ2n) is 4.62. The first-order valence-electron chi connectivity index (χ1n) is 6.09. The minimum atomic E-state index is 0.00298. The number of aromatic nitrogens is 2. The van der Waals surface area contributed by atoms with Gasteiger partial charge in [-0.25, -0.2) is 4.98 Å². The Morgan fingerprint density at radius 2 is 2.12 bits per heavy atom. The maximum atomic E-state index is 9.08. The van der Waals surface area contributed by atoms with Crippen molar-refractivity contribution in [2.45, 2.75) is 31.8 Å². The van der Waals surface area contributed by atoms with Crippen LogP contribution in [0.5, 0.6) is 0 Å². The lowest BCUT2D eigenvalue weighted by Crippen LogP contribution is -2.12. The zero-order chi connectivity index (χ0) is 11.7. The number of aryl methyl sites for hydroxylation is 1. The molecule has 0 bridgehead atoms. The Balaban J connectivity index is 1.85. The van der Waals surface area contributed by atoms with Crippen molar-refractivity contribution in [2.24, 2.45) is 0 Å². The van der Waals surface area contributed by atoms with Crippen LogP contribution in [-0.2, 0) is 19.4 Å². The van der Waals surface area contributed by atoms with Gasteiger partial charge in [-0.2, -0.15) is 0 Å². The van der Waals surface area contributed by atoms with Gasteiger partial charge in [0.15, 0.2) is 0 Å². The predicted octanol–water partition coefficient (Wildman–Crippen LogP) is 2.17. The molecular weight excluding hydrogens is 212 g/mol. The zero-order valence-corrected chi connectivity index (χ0v) is 9.69. The SMILES string of the molecule is OCc1nc2c([nH]1)CC(c1ccccc1)CC2. The van der Waals surface area contributed by atoms with Crippen LogP contribution in [0.3, 0.4) is 0 Å². The van der Waals surface area contributed by atoms with Gasteiger partial charge in [0.25, 0.3) is 0 Å². The Hall–Kier alpha value is -1.61. The van der Waals surface area contributed by atoms with Gasteiger partial charge in [0.2, 0.25) is 0 Å². The van der Waals surface area contributed by atoms with E-state index in [1.54, 1.807) is 0 Å². The van der Waals surface area contributed by atoms with Gasteiger partial charge in [-0.3, -0.25) is 0 Å². The molecule has 0 amide bonds. The number of nitrogens with zero attached hydrogens (tertiary/aromatic N) is 1. The molecule has 1 aliphatic rings. The van der Waals surface area contributed by atoms with E-state index in [0.29, 0.717) is 11.7 Å². The molecule has 1 aromatic carbocycles. The highest BCUT2D eigenvalue weighted by molar-refractivity contribution is 5.27. The molecule has 3 nitrogen and oxygen atoms in total. The Labute approximate surface area is 101 Å². The third-order valence-electron chi connectivity index (χ3n) is 3.51. The highest BCUT2D eigenvalue weighted by Crippen LogP contribution is 2.31. The molecule has 2 aromatic rings. The maximum absolute atomic E-state index is 9.08. The monoisotopic (exact) mass is 228 g/mol. The number of rotatable bonds is 2. The van der Waals surface area contributed by atoms with Crippen LogP contribution in [0.1, 0.15) is 35.1 Å². The molecule has 3 heteroatoms. The summed E-state index contributed by atoms with van der Waals surface area (Å²) < 4.78 is 0. The Morgan fingerprint density at radius 1 is 1.29 bits per heavy atom. The second-order valence-corrected chi connectivity index (χ2v) is 4.62. The first-order chi connectivity index (χ1) is 8.36. The number of aliphatic hydroxyl groups excluding tert-OH is 1. The molecule has 0 radical (unpaired) electrons. The van der Waals surface area contributed by atoms with E-state index in [1.165, 1.54) is 11.3 Å². The predicted molar refractivity (Wildman–Crippen MR) is 65.7 cm³/mol. The number of hydrogen-bond acceptors (Lipinski definition) is 2. The molecule has 3 rings (SSSR count). The largest absolute Gasteiger partial charge is 0.388 e. The lowest BCUT2D eigenvalue weighted by molar-refractivity contribution is 0.272. The van der Waals surface area contributed by atoms with Gasteiger partial charge in [-0.1, -0.05) is 30.3 Å². The Morgan fingerprint density at radius 3 is 2.88 bits per heavy atom. The molecule has 0 saturated carbocycles. The summed E-state index contributed by atoms with van der Waals surface area (Å²) >= 11 is 0. The number of benzene rings is 1. The molecule has 2 N–H and O–H groups in total. The topological polar surface area (TPSA) is 48.9 Å². The van der Waals surface area contributed by atoms with E-state index in [1.807, 2.05) is 0 Å². The second kappa shape index (κ2) is 4.34. The number of nitrogens with one attached hydrogen (secondary N) is 1. The van der Waals surface area contributed by atoms with Crippen molar-refractivity contribution in [3.63, 3.8) is 0 Å². The summed E-state index contributed by atoms with van der Waals surface area (Å²) in [7, 11) is 0. The van der Waals surface area contributed by atoms with Crippen molar-refractivity contribution >= 4 is 0 Å². The maximum Gasteiger partial charge on any atom is 0.132 e. The third kappa shape index (κ3) is 1.98. The summed E-state index contributed by atoms with van der Waals surface area (Å²) in [6, 6.07) is 10.6. The average Bonchev–Trinajstić information content (AvgIpc) is 2.81. The number of hydrogen-bond donors (Lipinski definition) is 2. The van der Waals surface area contributed by atoms with Crippen LogP contribution in [0, 0.1) is 0 Å². The molecule has 1 heterocycles. The standard InChI is InChI=1S/C14H16N2O/c17-9-14-15-12-7-6-11(8-13(12)16-14)10-4-2-1-3-5-10/h1-5,11,17H,6-9H2,(H,15,16). The summed E-state index contributed by atoms with van der Waals surface area (Å²) in [6.07, 6.45) is 3.16. The first-order valence-corrected chi connectivity index (χ1v) is 6.09. The summed E-state index contributed by atoms with van der Waals surface area (Å²) in [5.74, 6) is 1.28. The molecule has 17 heavy (non-hydrogen) atoms. The van der Waals surface area contributed by atoms with Crippen molar-refractivity contribution in [1.82, 2.24) is 9.97 Å². The molecular formula is C14H16N2O. The summed E-state index contributed by atoms with van der Waals surface area (Å²) in [5, 5.41) is 9.08. The van der Waals surface area contributed by atoms with E-state index in [9.17, 15) is 0 Å². The fraction of sp³-hybridized carbons (Fsp3) is 0.357. The lowest BCUT2D eigenvalue weighted by Gasteiger charge is -2.21. The van der Waals surface area contributed by atoms with E-state index < -0.39 is 0 Å². The number of H-pyrrole nitrogens is 1. The first kappa shape index (κ1) is 10.5. The van der Waals surface area contributed by atoms with Gasteiger partial charge in [0.05, 0.1) is 5.69 Å². The van der Waals surface area contributed by atoms with Crippen LogP contribution in [0.15, 0.2) is 30.3 Å². The van der Waals surface area contributed by atoms with Gasteiger partial charge in [-0.05, 0) is 30.7 Å². The van der Waals surface area contributed by atoms with Gasteiger partial charge >= 0.3 is 0 Å². The van der Waals surface area contributed by atoms with Crippen molar-refractivity contribution in [3.05, 3.63) is 53.1 Å². The van der Waals surface area contributed by atoms with E-state index in [0.717, 1.165) is 25.0 Å². The minimum absolute atomic E-state index is 0.00298. The van der Waals surface area contributed by atoms with Crippen LogP contribution in [0.25, 0.3) is 0 Å². The number of imidazole rings is 1. The van der Waals surface area contributed by atoms with Crippen molar-refractivity contribution in [2.75, 3.05) is 0 Å². The highest BCUT2D eigenvalue weighted by atomic mass is 16.3. The quantitative estimate of drug-likeness (QED) is 0.827. The summed E-state index contributed by atoms with van der Waals surface area (Å²) in [4.78, 5) is 7.61. The Bertz CT molecular complexity index is 504. The molecule has 0 fully saturated rings. The molecule has 1 aromatic heterocycles. The van der Waals surface area contributed by atoms with E-state index >= 15 is 0 Å². The fourth-order valence-corrected chi connectivity index (χ4v) is 2.62. The average molecular weight is 228 g/mol. The van der Waals surface area contributed by atoms with Crippen molar-refractivity contribution in [3.8, 4) is 0 Å². The Kier molecular flexibility index (Phi) is 2.69. The lowest BCUT2D eigenvalue weighted by atomic mass is 9.85. The molecule has 88 valence electrons. The van der Waals surface area contributed by atoms with Gasteiger partial charge in [0, 0.05) is 5.69 Å².